The molecule has 0 bridgehead atoms. The molecule has 0 heterocycles. The first-order valence-electron chi connectivity index (χ1n) is 7.22. The number of nitrogens with one attached hydrogen (secondary N) is 1. The molecule has 0 aliphatic rings. The molecule has 2 unspecified atom stereocenters. The molecule has 0 radical (unpaired) electrons. The molecular weight excluding hydrogens is 254 g/mol. The van der Waals surface area contributed by atoms with Crippen LogP contribution in [0.5, 0.6) is 11.5 Å². The van der Waals surface area contributed by atoms with Crippen molar-refractivity contribution in [2.24, 2.45) is 0 Å². The van der Waals surface area contributed by atoms with Gasteiger partial charge in [-0.05, 0) is 38.1 Å². The van der Waals surface area contributed by atoms with E-state index in [9.17, 15) is 0 Å². The zero-order valence-electron chi connectivity index (χ0n) is 13.2. The quantitative estimate of drug-likeness (QED) is 0.754. The number of hydrogen-bond donors (Lipinski definition) is 1. The zero-order chi connectivity index (χ0) is 15.0. The van der Waals surface area contributed by atoms with E-state index in [1.165, 1.54) is 0 Å². The third-order valence-electron chi connectivity index (χ3n) is 3.40. The van der Waals surface area contributed by atoms with E-state index in [0.29, 0.717) is 0 Å². The summed E-state index contributed by atoms with van der Waals surface area (Å²) in [5, 5.41) is 3.36. The Kier molecular flexibility index (Phi) is 7.41. The molecule has 0 fully saturated rings. The summed E-state index contributed by atoms with van der Waals surface area (Å²) in [4.78, 5) is 0. The lowest BCUT2D eigenvalue weighted by Crippen LogP contribution is -2.31. The van der Waals surface area contributed by atoms with Crippen LogP contribution in [0.2, 0.25) is 0 Å². The number of hydrogen-bond acceptors (Lipinski definition) is 4. The Bertz CT molecular complexity index is 389. The van der Waals surface area contributed by atoms with Crippen molar-refractivity contribution in [2.45, 2.75) is 38.8 Å². The van der Waals surface area contributed by atoms with Gasteiger partial charge in [-0.2, -0.15) is 0 Å². The maximum atomic E-state index is 5.89. The third kappa shape index (κ3) is 4.12. The summed E-state index contributed by atoms with van der Waals surface area (Å²) in [6.45, 7) is 4.92. The number of rotatable bonds is 9. The van der Waals surface area contributed by atoms with Crippen LogP contribution in [0, 0.1) is 0 Å². The second kappa shape index (κ2) is 8.82. The monoisotopic (exact) mass is 281 g/mol. The van der Waals surface area contributed by atoms with Crippen molar-refractivity contribution in [2.75, 3.05) is 27.9 Å². The van der Waals surface area contributed by atoms with Gasteiger partial charge in [0.1, 0.15) is 0 Å². The van der Waals surface area contributed by atoms with Crippen molar-refractivity contribution in [1.29, 1.82) is 0 Å². The van der Waals surface area contributed by atoms with Crippen LogP contribution in [-0.4, -0.2) is 34.0 Å². The average molecular weight is 281 g/mol. The predicted octanol–water partition coefficient (Wildman–Crippen LogP) is 3.17. The molecule has 1 aromatic rings. The Morgan fingerprint density at radius 3 is 2.30 bits per heavy atom. The van der Waals surface area contributed by atoms with Crippen molar-refractivity contribution in [3.63, 3.8) is 0 Å². The minimum atomic E-state index is 0.148. The van der Waals surface area contributed by atoms with E-state index in [-0.39, 0.29) is 12.1 Å². The largest absolute Gasteiger partial charge is 0.493 e. The minimum Gasteiger partial charge on any atom is -0.493 e. The Morgan fingerprint density at radius 2 is 1.80 bits per heavy atom. The third-order valence-corrected chi connectivity index (χ3v) is 3.40. The molecule has 1 rings (SSSR count). The summed E-state index contributed by atoms with van der Waals surface area (Å²) in [6, 6.07) is 6.16. The van der Waals surface area contributed by atoms with Gasteiger partial charge < -0.3 is 19.5 Å². The van der Waals surface area contributed by atoms with Crippen molar-refractivity contribution in [3.05, 3.63) is 23.8 Å². The standard InChI is InChI=1S/C16H27NO3/c1-6-8-14(20-7-2)16(17-3)12-9-10-13(18-4)15(11-12)19-5/h9-11,14,16-17H,6-8H2,1-5H3. The summed E-state index contributed by atoms with van der Waals surface area (Å²) < 4.78 is 16.5. The van der Waals surface area contributed by atoms with Gasteiger partial charge in [0.15, 0.2) is 11.5 Å². The molecule has 1 N–H and O–H groups in total. The highest BCUT2D eigenvalue weighted by Crippen LogP contribution is 2.32. The summed E-state index contributed by atoms with van der Waals surface area (Å²) in [5.41, 5.74) is 1.15. The van der Waals surface area contributed by atoms with Crippen LogP contribution in [0.4, 0.5) is 0 Å². The van der Waals surface area contributed by atoms with Gasteiger partial charge in [0.25, 0.3) is 0 Å². The molecule has 0 aliphatic heterocycles. The van der Waals surface area contributed by atoms with Crippen LogP contribution in [0.3, 0.4) is 0 Å². The van der Waals surface area contributed by atoms with Gasteiger partial charge >= 0.3 is 0 Å². The second-order valence-corrected chi connectivity index (χ2v) is 4.66. The zero-order valence-corrected chi connectivity index (χ0v) is 13.2. The first kappa shape index (κ1) is 16.8. The number of ether oxygens (including phenoxy) is 3. The lowest BCUT2D eigenvalue weighted by molar-refractivity contribution is 0.0295. The van der Waals surface area contributed by atoms with Crippen LogP contribution in [0.25, 0.3) is 0 Å². The van der Waals surface area contributed by atoms with Gasteiger partial charge in [0, 0.05) is 6.61 Å². The van der Waals surface area contributed by atoms with E-state index >= 15 is 0 Å². The molecule has 0 amide bonds. The number of likely N-dealkylation sites (N-methyl/N-ethyl adjacent to an activating group) is 1. The van der Waals surface area contributed by atoms with Gasteiger partial charge in [-0.15, -0.1) is 0 Å². The Labute approximate surface area is 122 Å². The SMILES string of the molecule is CCCC(OCC)C(NC)c1ccc(OC)c(OC)c1. The van der Waals surface area contributed by atoms with Gasteiger partial charge in [0.05, 0.1) is 26.4 Å². The van der Waals surface area contributed by atoms with Crippen LogP contribution < -0.4 is 14.8 Å². The maximum Gasteiger partial charge on any atom is 0.161 e. The fraction of sp³-hybridized carbons (Fsp3) is 0.625. The molecule has 2 atom stereocenters. The normalized spacial score (nSPS) is 13.8. The molecule has 4 heteroatoms. The summed E-state index contributed by atoms with van der Waals surface area (Å²) in [5.74, 6) is 1.49. The first-order valence-corrected chi connectivity index (χ1v) is 7.22. The van der Waals surface area contributed by atoms with E-state index < -0.39 is 0 Å². The molecule has 4 nitrogen and oxygen atoms in total. The van der Waals surface area contributed by atoms with Crippen molar-refractivity contribution in [3.8, 4) is 11.5 Å². The molecule has 1 aromatic carbocycles. The minimum absolute atomic E-state index is 0.148. The predicted molar refractivity (Wildman–Crippen MR) is 81.7 cm³/mol. The van der Waals surface area contributed by atoms with Crippen LogP contribution in [-0.2, 0) is 4.74 Å². The smallest absolute Gasteiger partial charge is 0.161 e. The van der Waals surface area contributed by atoms with Crippen molar-refractivity contribution in [1.82, 2.24) is 5.32 Å². The van der Waals surface area contributed by atoms with E-state index in [1.54, 1.807) is 14.2 Å². The molecule has 0 saturated heterocycles. The Balaban J connectivity index is 3.03. The van der Waals surface area contributed by atoms with Gasteiger partial charge in [-0.1, -0.05) is 19.4 Å². The van der Waals surface area contributed by atoms with E-state index in [2.05, 4.69) is 18.3 Å². The summed E-state index contributed by atoms with van der Waals surface area (Å²) >= 11 is 0. The van der Waals surface area contributed by atoms with Gasteiger partial charge in [0.2, 0.25) is 0 Å². The van der Waals surface area contributed by atoms with Gasteiger partial charge in [-0.3, -0.25) is 0 Å². The molecule has 0 spiro atoms. The fourth-order valence-electron chi connectivity index (χ4n) is 2.46. The van der Waals surface area contributed by atoms with Gasteiger partial charge in [-0.25, -0.2) is 0 Å². The van der Waals surface area contributed by atoms with Crippen LogP contribution in [0.15, 0.2) is 18.2 Å². The maximum absolute atomic E-state index is 5.89. The molecular formula is C16H27NO3. The highest BCUT2D eigenvalue weighted by Gasteiger charge is 2.22. The summed E-state index contributed by atoms with van der Waals surface area (Å²) in [7, 11) is 5.26. The highest BCUT2D eigenvalue weighted by atomic mass is 16.5. The highest BCUT2D eigenvalue weighted by molar-refractivity contribution is 5.44. The molecule has 20 heavy (non-hydrogen) atoms. The van der Waals surface area contributed by atoms with E-state index in [0.717, 1.165) is 36.5 Å². The molecule has 0 saturated carbocycles. The van der Waals surface area contributed by atoms with Crippen molar-refractivity contribution >= 4 is 0 Å². The first-order chi connectivity index (χ1) is 9.71. The molecule has 114 valence electrons. The Morgan fingerprint density at radius 1 is 1.10 bits per heavy atom. The Hall–Kier alpha value is -1.26. The second-order valence-electron chi connectivity index (χ2n) is 4.66. The molecule has 0 aliphatic carbocycles. The van der Waals surface area contributed by atoms with E-state index in [4.69, 9.17) is 14.2 Å². The number of methoxy groups -OCH3 is 2. The van der Waals surface area contributed by atoms with E-state index in [1.807, 2.05) is 26.1 Å². The number of benzene rings is 1. The summed E-state index contributed by atoms with van der Waals surface area (Å²) in [6.07, 6.45) is 2.28. The van der Waals surface area contributed by atoms with Crippen molar-refractivity contribution < 1.29 is 14.2 Å². The van der Waals surface area contributed by atoms with Crippen LogP contribution >= 0.6 is 0 Å². The lowest BCUT2D eigenvalue weighted by atomic mass is 9.97. The lowest BCUT2D eigenvalue weighted by Gasteiger charge is -2.27. The molecule has 0 aromatic heterocycles. The fourth-order valence-corrected chi connectivity index (χ4v) is 2.46. The average Bonchev–Trinajstić information content (AvgIpc) is 2.48. The topological polar surface area (TPSA) is 39.7 Å². The van der Waals surface area contributed by atoms with Crippen LogP contribution in [0.1, 0.15) is 38.3 Å².